The van der Waals surface area contributed by atoms with Gasteiger partial charge in [-0.15, -0.1) is 11.3 Å². The van der Waals surface area contributed by atoms with Gasteiger partial charge in [0.2, 0.25) is 12.4 Å². The summed E-state index contributed by atoms with van der Waals surface area (Å²) >= 11 is 1.56. The molecule has 2 aromatic heterocycles. The molecule has 0 amide bonds. The fourth-order valence-corrected chi connectivity index (χ4v) is 1.44. The van der Waals surface area contributed by atoms with Crippen LogP contribution >= 0.6 is 11.3 Å². The normalized spacial score (nSPS) is 9.17. The van der Waals surface area contributed by atoms with Gasteiger partial charge in [0, 0.05) is 12.2 Å². The summed E-state index contributed by atoms with van der Waals surface area (Å²) in [5.74, 6) is 0. The van der Waals surface area contributed by atoms with Gasteiger partial charge in [0.1, 0.15) is 5.52 Å². The van der Waals surface area contributed by atoms with Gasteiger partial charge < -0.3 is 0 Å². The van der Waals surface area contributed by atoms with Crippen LogP contribution in [0.4, 0.5) is 0 Å². The summed E-state index contributed by atoms with van der Waals surface area (Å²) in [5.41, 5.74) is 2.58. The Bertz CT molecular complexity index is 364. The standard InChI is InChI=1S/C6H5N2OS.C2H6.H2/c9-8-2-1-6-5(3-8)7-4-10-6;1-2;/h1-4,9H;1-2H3;1H/q+1;;. The highest BCUT2D eigenvalue weighted by Gasteiger charge is 2.01. The van der Waals surface area contributed by atoms with E-state index < -0.39 is 0 Å². The van der Waals surface area contributed by atoms with Crippen LogP contribution in [0.2, 0.25) is 0 Å². The van der Waals surface area contributed by atoms with Crippen LogP contribution in [-0.2, 0) is 0 Å². The van der Waals surface area contributed by atoms with Crippen LogP contribution in [0, 0.1) is 0 Å². The van der Waals surface area contributed by atoms with Crippen LogP contribution in [0.25, 0.3) is 10.2 Å². The summed E-state index contributed by atoms with van der Waals surface area (Å²) in [6.45, 7) is 4.00. The van der Waals surface area contributed by atoms with E-state index in [0.29, 0.717) is 0 Å². The van der Waals surface area contributed by atoms with Gasteiger partial charge in [0.05, 0.1) is 10.2 Å². The lowest BCUT2D eigenvalue weighted by Crippen LogP contribution is -2.27. The minimum atomic E-state index is 0. The molecule has 0 atom stereocenters. The molecule has 0 radical (unpaired) electrons. The van der Waals surface area contributed by atoms with Crippen LogP contribution in [0.1, 0.15) is 15.3 Å². The van der Waals surface area contributed by atoms with Crippen molar-refractivity contribution < 1.29 is 11.4 Å². The van der Waals surface area contributed by atoms with Crippen LogP contribution in [-0.4, -0.2) is 10.2 Å². The number of fused-ring (bicyclic) bond motifs is 1. The van der Waals surface area contributed by atoms with E-state index in [-0.39, 0.29) is 1.43 Å². The Labute approximate surface area is 76.4 Å². The van der Waals surface area contributed by atoms with E-state index in [1.165, 1.54) is 0 Å². The summed E-state index contributed by atoms with van der Waals surface area (Å²) in [4.78, 5) is 4.02. The molecule has 0 saturated heterocycles. The number of hydrogen-bond acceptors (Lipinski definition) is 3. The molecule has 12 heavy (non-hydrogen) atoms. The molecule has 1 N–H and O–H groups in total. The minimum Gasteiger partial charge on any atom is -0.285 e. The molecular weight excluding hydrogens is 172 g/mol. The molecule has 2 rings (SSSR count). The molecule has 0 bridgehead atoms. The number of rotatable bonds is 0. The van der Waals surface area contributed by atoms with Crippen molar-refractivity contribution >= 4 is 21.6 Å². The SMILES string of the molecule is CC.O[n+]1ccc2scnc2c1.[HH]. The summed E-state index contributed by atoms with van der Waals surface area (Å²) in [6.07, 6.45) is 3.16. The minimum absolute atomic E-state index is 0. The van der Waals surface area contributed by atoms with Crippen molar-refractivity contribution in [3.8, 4) is 0 Å². The summed E-state index contributed by atoms with van der Waals surface area (Å²) < 4.78 is 2.09. The van der Waals surface area contributed by atoms with Crippen molar-refractivity contribution in [2.75, 3.05) is 0 Å². The lowest BCUT2D eigenvalue weighted by Gasteiger charge is -1.80. The third-order valence-electron chi connectivity index (χ3n) is 1.26. The van der Waals surface area contributed by atoms with Crippen molar-refractivity contribution in [1.82, 2.24) is 4.98 Å². The number of thiazole rings is 1. The van der Waals surface area contributed by atoms with Crippen LogP contribution in [0.3, 0.4) is 0 Å². The largest absolute Gasteiger partial charge is 0.285 e. The van der Waals surface area contributed by atoms with Gasteiger partial charge in [-0.05, 0) is 0 Å². The summed E-state index contributed by atoms with van der Waals surface area (Å²) in [7, 11) is 0. The highest BCUT2D eigenvalue weighted by atomic mass is 32.1. The molecule has 0 aliphatic heterocycles. The van der Waals surface area contributed by atoms with Crippen molar-refractivity contribution in [2.45, 2.75) is 13.8 Å². The average Bonchev–Trinajstić information content (AvgIpc) is 2.54. The van der Waals surface area contributed by atoms with Gasteiger partial charge in [-0.3, -0.25) is 5.21 Å². The highest BCUT2D eigenvalue weighted by Crippen LogP contribution is 2.13. The molecule has 0 unspecified atom stereocenters. The lowest BCUT2D eigenvalue weighted by molar-refractivity contribution is -0.904. The van der Waals surface area contributed by atoms with Crippen molar-refractivity contribution in [3.05, 3.63) is 24.0 Å². The first kappa shape index (κ1) is 8.93. The van der Waals surface area contributed by atoms with Gasteiger partial charge in [0.25, 0.3) is 0 Å². The maximum atomic E-state index is 8.93. The Morgan fingerprint density at radius 1 is 1.58 bits per heavy atom. The number of aromatic nitrogens is 2. The molecule has 4 heteroatoms. The Morgan fingerprint density at radius 3 is 3.08 bits per heavy atom. The topological polar surface area (TPSA) is 37.0 Å². The van der Waals surface area contributed by atoms with Crippen molar-refractivity contribution in [3.63, 3.8) is 0 Å². The fourth-order valence-electron chi connectivity index (χ4n) is 0.798. The first-order chi connectivity index (χ1) is 5.86. The molecule has 2 aromatic rings. The van der Waals surface area contributed by atoms with E-state index in [1.54, 1.807) is 29.2 Å². The first-order valence-electron chi connectivity index (χ1n) is 3.80. The van der Waals surface area contributed by atoms with E-state index in [4.69, 9.17) is 5.21 Å². The van der Waals surface area contributed by atoms with Gasteiger partial charge in [-0.25, -0.2) is 4.98 Å². The Kier molecular flexibility index (Phi) is 2.99. The number of pyridine rings is 1. The molecule has 66 valence electrons. The van der Waals surface area contributed by atoms with Gasteiger partial charge >= 0.3 is 0 Å². The Morgan fingerprint density at radius 2 is 2.33 bits per heavy atom. The number of nitrogens with zero attached hydrogens (tertiary/aromatic N) is 2. The lowest BCUT2D eigenvalue weighted by atomic mass is 10.5. The smallest absolute Gasteiger partial charge is 0.249 e. The van der Waals surface area contributed by atoms with Crippen LogP contribution < -0.4 is 4.73 Å². The summed E-state index contributed by atoms with van der Waals surface area (Å²) in [5, 5.41) is 8.93. The molecule has 2 heterocycles. The van der Waals surface area contributed by atoms with Gasteiger partial charge in [0.15, 0.2) is 0 Å². The van der Waals surface area contributed by atoms with Gasteiger partial charge in [-0.1, -0.05) is 13.8 Å². The Hall–Kier alpha value is -1.16. The summed E-state index contributed by atoms with van der Waals surface area (Å²) in [6, 6.07) is 1.83. The molecule has 0 saturated carbocycles. The van der Waals surface area contributed by atoms with Crippen LogP contribution in [0.5, 0.6) is 0 Å². The molecule has 0 aliphatic rings. The van der Waals surface area contributed by atoms with Gasteiger partial charge in [-0.2, -0.15) is 0 Å². The zero-order chi connectivity index (χ0) is 8.97. The maximum absolute atomic E-state index is 8.93. The van der Waals surface area contributed by atoms with Crippen molar-refractivity contribution in [2.24, 2.45) is 0 Å². The van der Waals surface area contributed by atoms with Crippen molar-refractivity contribution in [1.29, 1.82) is 0 Å². The van der Waals surface area contributed by atoms with E-state index >= 15 is 0 Å². The highest BCUT2D eigenvalue weighted by molar-refractivity contribution is 7.16. The van der Waals surface area contributed by atoms with E-state index in [0.717, 1.165) is 14.9 Å². The predicted octanol–water partition coefficient (Wildman–Crippen LogP) is 2.09. The quantitative estimate of drug-likeness (QED) is 0.504. The predicted molar refractivity (Wildman–Crippen MR) is 50.5 cm³/mol. The molecule has 0 fully saturated rings. The fraction of sp³-hybridized carbons (Fsp3) is 0.250. The van der Waals surface area contributed by atoms with E-state index in [1.807, 2.05) is 19.9 Å². The first-order valence-corrected chi connectivity index (χ1v) is 4.68. The molecule has 3 nitrogen and oxygen atoms in total. The second kappa shape index (κ2) is 4.01. The molecule has 0 aromatic carbocycles. The third-order valence-corrected chi connectivity index (χ3v) is 2.07. The maximum Gasteiger partial charge on any atom is 0.249 e. The zero-order valence-electron chi connectivity index (χ0n) is 7.06. The van der Waals surface area contributed by atoms with Crippen LogP contribution in [0.15, 0.2) is 24.0 Å². The molecule has 0 aliphatic carbocycles. The molecular formula is C8H13N2OS+. The molecule has 0 spiro atoms. The average molecular weight is 185 g/mol. The second-order valence-electron chi connectivity index (χ2n) is 1.93. The van der Waals surface area contributed by atoms with E-state index in [9.17, 15) is 0 Å². The second-order valence-corrected chi connectivity index (χ2v) is 2.81. The van der Waals surface area contributed by atoms with E-state index in [2.05, 4.69) is 4.98 Å². The Balaban J connectivity index is 0.000000451. The zero-order valence-corrected chi connectivity index (χ0v) is 7.88. The monoisotopic (exact) mass is 185 g/mol. The number of hydrogen-bond donors (Lipinski definition) is 1. The third kappa shape index (κ3) is 1.71.